The summed E-state index contributed by atoms with van der Waals surface area (Å²) in [6.07, 6.45) is 1.23. The van der Waals surface area contributed by atoms with Gasteiger partial charge in [-0.15, -0.1) is 0 Å². The van der Waals surface area contributed by atoms with E-state index in [2.05, 4.69) is 4.98 Å². The van der Waals surface area contributed by atoms with Crippen LogP contribution in [0.15, 0.2) is 48.7 Å². The third kappa shape index (κ3) is 4.49. The van der Waals surface area contributed by atoms with E-state index in [1.807, 2.05) is 0 Å². The van der Waals surface area contributed by atoms with Crippen LogP contribution in [0.1, 0.15) is 34.0 Å². The number of ketones is 1. The molecular formula is C24H21F3N2O4. The molecule has 0 bridgehead atoms. The van der Waals surface area contributed by atoms with E-state index in [-0.39, 0.29) is 48.1 Å². The molecule has 1 aliphatic heterocycles. The van der Waals surface area contributed by atoms with Crippen molar-refractivity contribution in [3.63, 3.8) is 0 Å². The van der Waals surface area contributed by atoms with Crippen molar-refractivity contribution < 1.29 is 32.9 Å². The van der Waals surface area contributed by atoms with Gasteiger partial charge in [-0.2, -0.15) is 0 Å². The van der Waals surface area contributed by atoms with E-state index in [1.165, 1.54) is 18.3 Å². The number of fused-ring (bicyclic) bond motifs is 1. The molecule has 1 aliphatic rings. The number of ether oxygens (including phenoxy) is 1. The van der Waals surface area contributed by atoms with Crippen molar-refractivity contribution in [1.82, 2.24) is 4.98 Å². The Morgan fingerprint density at radius 2 is 2.00 bits per heavy atom. The van der Waals surface area contributed by atoms with E-state index in [0.29, 0.717) is 30.5 Å². The van der Waals surface area contributed by atoms with Crippen LogP contribution in [0.4, 0.5) is 24.7 Å². The second-order valence-corrected chi connectivity index (χ2v) is 7.80. The molecule has 3 aromatic rings. The van der Waals surface area contributed by atoms with Crippen LogP contribution < -0.4 is 9.64 Å². The van der Waals surface area contributed by atoms with Crippen LogP contribution in [0.5, 0.6) is 11.5 Å². The van der Waals surface area contributed by atoms with Gasteiger partial charge in [0.15, 0.2) is 23.1 Å². The molecule has 0 fully saturated rings. The number of carbonyl (C=O) groups excluding carboxylic acids is 1. The Kier molecular flexibility index (Phi) is 5.99. The van der Waals surface area contributed by atoms with E-state index < -0.39 is 17.3 Å². The van der Waals surface area contributed by atoms with Crippen LogP contribution in [0.2, 0.25) is 0 Å². The molecule has 4 rings (SSSR count). The largest absolute Gasteiger partial charge is 0.504 e. The molecule has 0 saturated carbocycles. The third-order valence-corrected chi connectivity index (χ3v) is 5.36. The monoisotopic (exact) mass is 458 g/mol. The van der Waals surface area contributed by atoms with Crippen LogP contribution in [-0.4, -0.2) is 34.1 Å². The predicted octanol–water partition coefficient (Wildman–Crippen LogP) is 4.49. The second-order valence-electron chi connectivity index (χ2n) is 7.80. The van der Waals surface area contributed by atoms with Crippen LogP contribution in [0.3, 0.4) is 0 Å². The van der Waals surface area contributed by atoms with Crippen molar-refractivity contribution in [2.24, 2.45) is 0 Å². The molecule has 0 aliphatic carbocycles. The number of anilines is 2. The minimum Gasteiger partial charge on any atom is -0.504 e. The van der Waals surface area contributed by atoms with Gasteiger partial charge in [0.25, 0.3) is 5.92 Å². The number of rotatable bonds is 6. The topological polar surface area (TPSA) is 82.9 Å². The van der Waals surface area contributed by atoms with Gasteiger partial charge in [0.2, 0.25) is 0 Å². The molecule has 0 saturated heterocycles. The number of pyridine rings is 1. The number of Topliss-reactive ketones (excluding diaryl/α,β-unsaturated/α-hetero) is 1. The maximum atomic E-state index is 14.1. The summed E-state index contributed by atoms with van der Waals surface area (Å²) in [4.78, 5) is 18.9. The number of aliphatic hydroxyl groups excluding tert-OH is 1. The zero-order chi connectivity index (χ0) is 23.8. The number of alkyl halides is 2. The Bertz CT molecular complexity index is 1210. The molecule has 172 valence electrons. The predicted molar refractivity (Wildman–Crippen MR) is 115 cm³/mol. The zero-order valence-electron chi connectivity index (χ0n) is 17.7. The number of aliphatic hydroxyl groups is 1. The maximum absolute atomic E-state index is 14.1. The fourth-order valence-electron chi connectivity index (χ4n) is 3.78. The first kappa shape index (κ1) is 22.6. The third-order valence-electron chi connectivity index (χ3n) is 5.36. The molecule has 2 aromatic carbocycles. The molecule has 0 spiro atoms. The number of nitrogens with zero attached hydrogens (tertiary/aromatic N) is 2. The summed E-state index contributed by atoms with van der Waals surface area (Å²) in [7, 11) is 0. The van der Waals surface area contributed by atoms with E-state index in [0.717, 1.165) is 12.1 Å². The Morgan fingerprint density at radius 1 is 1.21 bits per heavy atom. The van der Waals surface area contributed by atoms with Gasteiger partial charge in [0, 0.05) is 19.5 Å². The van der Waals surface area contributed by atoms with Crippen molar-refractivity contribution in [2.75, 3.05) is 18.1 Å². The highest BCUT2D eigenvalue weighted by Gasteiger charge is 2.29. The van der Waals surface area contributed by atoms with Crippen molar-refractivity contribution in [3.8, 4) is 11.5 Å². The van der Waals surface area contributed by atoms with Gasteiger partial charge in [-0.25, -0.2) is 18.2 Å². The summed E-state index contributed by atoms with van der Waals surface area (Å²) in [5, 5.41) is 19.6. The van der Waals surface area contributed by atoms with Gasteiger partial charge in [-0.3, -0.25) is 4.79 Å². The van der Waals surface area contributed by atoms with Crippen molar-refractivity contribution in [2.45, 2.75) is 25.9 Å². The summed E-state index contributed by atoms with van der Waals surface area (Å²) in [6, 6.07) is 9.57. The van der Waals surface area contributed by atoms with Gasteiger partial charge >= 0.3 is 0 Å². The highest BCUT2D eigenvalue weighted by atomic mass is 19.3. The molecule has 33 heavy (non-hydrogen) atoms. The van der Waals surface area contributed by atoms with Crippen LogP contribution in [0, 0.1) is 5.82 Å². The lowest BCUT2D eigenvalue weighted by atomic mass is 9.98. The number of halogens is 3. The summed E-state index contributed by atoms with van der Waals surface area (Å²) in [6.45, 7) is 0.924. The van der Waals surface area contributed by atoms with E-state index in [1.54, 1.807) is 23.1 Å². The highest BCUT2D eigenvalue weighted by molar-refractivity contribution is 6.02. The molecule has 2 N–H and O–H groups in total. The summed E-state index contributed by atoms with van der Waals surface area (Å²) in [5.41, 5.74) is 0.740. The highest BCUT2D eigenvalue weighted by Crippen LogP contribution is 2.41. The first-order chi connectivity index (χ1) is 15.7. The number of aromatic hydroxyl groups is 1. The van der Waals surface area contributed by atoms with Crippen molar-refractivity contribution >= 4 is 17.3 Å². The number of para-hydroxylation sites is 1. The smallest absolute Gasteiger partial charge is 0.273 e. The summed E-state index contributed by atoms with van der Waals surface area (Å²) >= 11 is 0. The average molecular weight is 458 g/mol. The fourth-order valence-corrected chi connectivity index (χ4v) is 3.78. The minimum absolute atomic E-state index is 0.130. The first-order valence-corrected chi connectivity index (χ1v) is 10.2. The molecule has 6 nitrogen and oxygen atoms in total. The van der Waals surface area contributed by atoms with Crippen LogP contribution >= 0.6 is 0 Å². The lowest BCUT2D eigenvalue weighted by Crippen LogP contribution is -2.30. The van der Waals surface area contributed by atoms with Gasteiger partial charge in [-0.05, 0) is 41.5 Å². The molecular weight excluding hydrogens is 437 g/mol. The zero-order valence-corrected chi connectivity index (χ0v) is 17.7. The van der Waals surface area contributed by atoms with Gasteiger partial charge in [0.05, 0.1) is 30.0 Å². The quantitative estimate of drug-likeness (QED) is 0.530. The number of benzene rings is 2. The number of carbonyl (C=O) groups is 1. The molecule has 2 heterocycles. The average Bonchev–Trinajstić information content (AvgIpc) is 2.77. The molecule has 0 amide bonds. The van der Waals surface area contributed by atoms with E-state index >= 15 is 0 Å². The normalized spacial score (nSPS) is 13.4. The summed E-state index contributed by atoms with van der Waals surface area (Å²) < 4.78 is 46.8. The Morgan fingerprint density at radius 3 is 2.67 bits per heavy atom. The summed E-state index contributed by atoms with van der Waals surface area (Å²) in [5.74, 6) is -4.36. The minimum atomic E-state index is -3.32. The molecule has 0 radical (unpaired) electrons. The molecule has 0 atom stereocenters. The SMILES string of the molecule is CC(F)(F)c1ccc(CC(=O)c2cccc3c2OCCN3c2ncc(CO)cc2O)cc1F. The molecule has 1 aromatic heterocycles. The van der Waals surface area contributed by atoms with Gasteiger partial charge in [0.1, 0.15) is 12.4 Å². The standard InChI is InChI=1S/C24H21F3N2O4/c1-24(26,27)17-6-5-14(9-18(17)25)10-20(31)16-3-2-4-19-22(16)33-8-7-29(19)23-21(32)11-15(13-30)12-28-23/h2-6,9,11-12,30,32H,7-8,10,13H2,1H3. The fraction of sp³-hybridized carbons (Fsp3) is 0.250. The number of hydrogen-bond acceptors (Lipinski definition) is 6. The van der Waals surface area contributed by atoms with Gasteiger partial charge < -0.3 is 19.8 Å². The Hall–Kier alpha value is -3.59. The number of hydrogen-bond donors (Lipinski definition) is 2. The lowest BCUT2D eigenvalue weighted by molar-refractivity contribution is 0.0137. The van der Waals surface area contributed by atoms with Crippen molar-refractivity contribution in [1.29, 1.82) is 0 Å². The van der Waals surface area contributed by atoms with E-state index in [9.17, 15) is 28.2 Å². The second kappa shape index (κ2) is 8.74. The maximum Gasteiger partial charge on any atom is 0.273 e. The van der Waals surface area contributed by atoms with E-state index in [4.69, 9.17) is 4.74 Å². The van der Waals surface area contributed by atoms with Crippen LogP contribution in [-0.2, 0) is 19.0 Å². The lowest BCUT2D eigenvalue weighted by Gasteiger charge is -2.31. The number of aromatic nitrogens is 1. The van der Waals surface area contributed by atoms with Crippen molar-refractivity contribution in [3.05, 3.63) is 76.7 Å². The Labute approximate surface area is 187 Å². The van der Waals surface area contributed by atoms with Gasteiger partial charge in [-0.1, -0.05) is 12.1 Å². The molecule has 0 unspecified atom stereocenters. The Balaban J connectivity index is 1.64. The van der Waals surface area contributed by atoms with Crippen LogP contribution in [0.25, 0.3) is 0 Å². The first-order valence-electron chi connectivity index (χ1n) is 10.2. The molecule has 9 heteroatoms.